The molecule has 0 saturated carbocycles. The fraction of sp³-hybridized carbons (Fsp3) is 0.500. The number of thiophene rings is 1. The van der Waals surface area contributed by atoms with Crippen LogP contribution in [0.15, 0.2) is 4.34 Å². The lowest BCUT2D eigenvalue weighted by atomic mass is 9.88. The fourth-order valence-electron chi connectivity index (χ4n) is 2.88. The van der Waals surface area contributed by atoms with Crippen LogP contribution in [-0.4, -0.2) is 34.3 Å². The average Bonchev–Trinajstić information content (AvgIpc) is 3.16. The number of carbonyl (C=O) groups is 2. The number of primary amides is 1. The first-order valence-electron chi connectivity index (χ1n) is 8.42. The Morgan fingerprint density at radius 2 is 2.15 bits per heavy atom. The normalized spacial score (nSPS) is 16.2. The van der Waals surface area contributed by atoms with Crippen LogP contribution < -0.4 is 16.4 Å². The number of hydrogen-bond acceptors (Lipinski definition) is 8. The minimum absolute atomic E-state index is 0.177. The van der Waals surface area contributed by atoms with Gasteiger partial charge < -0.3 is 16.4 Å². The maximum atomic E-state index is 12.3. The van der Waals surface area contributed by atoms with Crippen molar-refractivity contribution in [1.82, 2.24) is 10.2 Å². The molecule has 2 aromatic heterocycles. The number of thioether (sulfide) groups is 1. The Hall–Kier alpha value is -1.65. The van der Waals surface area contributed by atoms with Gasteiger partial charge in [-0.25, -0.2) is 0 Å². The van der Waals surface area contributed by atoms with Gasteiger partial charge in [0.05, 0.1) is 11.3 Å². The molecule has 0 radical (unpaired) electrons. The van der Waals surface area contributed by atoms with Gasteiger partial charge in [-0.15, -0.1) is 21.5 Å². The summed E-state index contributed by atoms with van der Waals surface area (Å²) in [6.07, 6.45) is 2.81. The van der Waals surface area contributed by atoms with E-state index in [1.807, 2.05) is 6.92 Å². The van der Waals surface area contributed by atoms with Crippen molar-refractivity contribution in [3.63, 3.8) is 0 Å². The molecule has 2 aromatic rings. The zero-order valence-electron chi connectivity index (χ0n) is 14.6. The van der Waals surface area contributed by atoms with Crippen LogP contribution in [0.4, 0.5) is 10.1 Å². The molecule has 2 amide bonds. The predicted octanol–water partition coefficient (Wildman–Crippen LogP) is 2.99. The molecule has 140 valence electrons. The second kappa shape index (κ2) is 8.36. The number of carbonyl (C=O) groups excluding carboxylic acids is 2. The van der Waals surface area contributed by atoms with Crippen molar-refractivity contribution in [2.75, 3.05) is 22.9 Å². The first kappa shape index (κ1) is 19.1. The van der Waals surface area contributed by atoms with Crippen molar-refractivity contribution < 1.29 is 9.59 Å². The van der Waals surface area contributed by atoms with Crippen LogP contribution in [0.3, 0.4) is 0 Å². The van der Waals surface area contributed by atoms with Crippen LogP contribution in [0.1, 0.15) is 41.1 Å². The molecule has 1 aliphatic rings. The Morgan fingerprint density at radius 1 is 1.35 bits per heavy atom. The molecular weight excluding hydrogens is 390 g/mol. The molecule has 26 heavy (non-hydrogen) atoms. The van der Waals surface area contributed by atoms with E-state index >= 15 is 0 Å². The van der Waals surface area contributed by atoms with Crippen molar-refractivity contribution in [3.8, 4) is 0 Å². The number of nitrogens with two attached hydrogens (primary N) is 1. The van der Waals surface area contributed by atoms with E-state index < -0.39 is 5.91 Å². The van der Waals surface area contributed by atoms with Gasteiger partial charge in [-0.3, -0.25) is 9.59 Å². The first-order valence-corrected chi connectivity index (χ1v) is 11.0. The Morgan fingerprint density at radius 3 is 2.88 bits per heavy atom. The quantitative estimate of drug-likeness (QED) is 0.604. The van der Waals surface area contributed by atoms with Crippen LogP contribution >= 0.6 is 34.4 Å². The maximum Gasteiger partial charge on any atom is 0.251 e. The summed E-state index contributed by atoms with van der Waals surface area (Å²) in [4.78, 5) is 25.4. The highest BCUT2D eigenvalue weighted by Crippen LogP contribution is 2.39. The fourth-order valence-corrected chi connectivity index (χ4v) is 5.93. The molecule has 7 nitrogen and oxygen atoms in total. The zero-order chi connectivity index (χ0) is 18.7. The molecule has 1 atom stereocenters. The van der Waals surface area contributed by atoms with E-state index in [0.717, 1.165) is 40.8 Å². The molecule has 0 bridgehead atoms. The Kier molecular flexibility index (Phi) is 6.15. The van der Waals surface area contributed by atoms with E-state index in [9.17, 15) is 9.59 Å². The summed E-state index contributed by atoms with van der Waals surface area (Å²) in [7, 11) is 0. The highest BCUT2D eigenvalue weighted by molar-refractivity contribution is 8.01. The van der Waals surface area contributed by atoms with Crippen molar-refractivity contribution >= 4 is 56.4 Å². The third-order valence-electron chi connectivity index (χ3n) is 4.07. The lowest BCUT2D eigenvalue weighted by Gasteiger charge is -2.18. The minimum atomic E-state index is -0.473. The molecule has 0 aromatic carbocycles. The number of rotatable bonds is 7. The number of anilines is 2. The van der Waals surface area contributed by atoms with Gasteiger partial charge in [-0.05, 0) is 37.7 Å². The van der Waals surface area contributed by atoms with Crippen molar-refractivity contribution in [3.05, 3.63) is 16.0 Å². The number of nitrogens with one attached hydrogen (secondary N) is 2. The van der Waals surface area contributed by atoms with Gasteiger partial charge in [-0.2, -0.15) is 0 Å². The summed E-state index contributed by atoms with van der Waals surface area (Å²) in [5, 5.41) is 15.3. The molecule has 0 fully saturated rings. The lowest BCUT2D eigenvalue weighted by Crippen LogP contribution is -2.20. The second-order valence-electron chi connectivity index (χ2n) is 6.16. The van der Waals surface area contributed by atoms with Crippen LogP contribution in [-0.2, 0) is 17.6 Å². The molecule has 0 saturated heterocycles. The Bertz CT molecular complexity index is 817. The average molecular weight is 412 g/mol. The summed E-state index contributed by atoms with van der Waals surface area (Å²) in [5.74, 6) is 0.144. The summed E-state index contributed by atoms with van der Waals surface area (Å²) in [6, 6.07) is 0. The van der Waals surface area contributed by atoms with Gasteiger partial charge in [0, 0.05) is 11.4 Å². The van der Waals surface area contributed by atoms with E-state index in [1.54, 1.807) is 0 Å². The molecular formula is C16H21N5O2S3. The zero-order valence-corrected chi connectivity index (χ0v) is 17.1. The molecule has 3 rings (SSSR count). The van der Waals surface area contributed by atoms with Crippen LogP contribution in [0.5, 0.6) is 0 Å². The summed E-state index contributed by atoms with van der Waals surface area (Å²) >= 11 is 4.22. The van der Waals surface area contributed by atoms with Crippen LogP contribution in [0.25, 0.3) is 0 Å². The van der Waals surface area contributed by atoms with E-state index in [0.29, 0.717) is 16.5 Å². The summed E-state index contributed by atoms with van der Waals surface area (Å²) in [6.45, 7) is 4.96. The van der Waals surface area contributed by atoms with Gasteiger partial charge in [0.2, 0.25) is 11.0 Å². The number of amides is 2. The summed E-state index contributed by atoms with van der Waals surface area (Å²) in [5.41, 5.74) is 7.08. The molecule has 0 aliphatic heterocycles. The van der Waals surface area contributed by atoms with E-state index in [-0.39, 0.29) is 11.7 Å². The van der Waals surface area contributed by atoms with Gasteiger partial charge in [0.15, 0.2) is 4.34 Å². The number of nitrogens with zero attached hydrogens (tertiary/aromatic N) is 2. The van der Waals surface area contributed by atoms with E-state index in [4.69, 9.17) is 5.73 Å². The van der Waals surface area contributed by atoms with Crippen LogP contribution in [0.2, 0.25) is 0 Å². The first-order chi connectivity index (χ1) is 12.5. The maximum absolute atomic E-state index is 12.3. The highest BCUT2D eigenvalue weighted by atomic mass is 32.2. The van der Waals surface area contributed by atoms with Crippen molar-refractivity contribution in [1.29, 1.82) is 0 Å². The molecule has 0 spiro atoms. The number of aromatic nitrogens is 2. The van der Waals surface area contributed by atoms with Gasteiger partial charge in [0.25, 0.3) is 5.91 Å². The topological polar surface area (TPSA) is 110 Å². The Balaban J connectivity index is 1.66. The number of fused-ring (bicyclic) bond motifs is 1. The molecule has 2 heterocycles. The molecule has 0 unspecified atom stereocenters. The van der Waals surface area contributed by atoms with Gasteiger partial charge in [-0.1, -0.05) is 30.0 Å². The van der Waals surface area contributed by atoms with Crippen molar-refractivity contribution in [2.24, 2.45) is 11.7 Å². The molecule has 10 heteroatoms. The third kappa shape index (κ3) is 4.36. The third-order valence-corrected chi connectivity index (χ3v) is 7.26. The second-order valence-corrected chi connectivity index (χ2v) is 9.47. The largest absolute Gasteiger partial charge is 0.365 e. The van der Waals surface area contributed by atoms with Gasteiger partial charge in [0.1, 0.15) is 5.00 Å². The van der Waals surface area contributed by atoms with Crippen LogP contribution in [0, 0.1) is 5.92 Å². The van der Waals surface area contributed by atoms with Gasteiger partial charge >= 0.3 is 0 Å². The smallest absolute Gasteiger partial charge is 0.251 e. The van der Waals surface area contributed by atoms with E-state index in [2.05, 4.69) is 27.8 Å². The van der Waals surface area contributed by atoms with E-state index in [1.165, 1.54) is 39.3 Å². The SMILES string of the molecule is CCNc1nnc(SCC(=O)Nc2sc3c(c2C(N)=O)CC[C@@H](C)C3)s1. The molecule has 4 N–H and O–H groups in total. The predicted molar refractivity (Wildman–Crippen MR) is 107 cm³/mol. The number of hydrogen-bond donors (Lipinski definition) is 3. The highest BCUT2D eigenvalue weighted by Gasteiger charge is 2.27. The lowest BCUT2D eigenvalue weighted by molar-refractivity contribution is -0.113. The standard InChI is InChI=1S/C16H21N5O2S3/c1-3-18-15-20-21-16(26-15)24-7-11(22)19-14-12(13(17)23)9-5-4-8(2)6-10(9)25-14/h8H,3-7H2,1-2H3,(H2,17,23)(H,18,20)(H,19,22)/t8-/m1/s1. The monoisotopic (exact) mass is 411 g/mol. The minimum Gasteiger partial charge on any atom is -0.365 e. The molecule has 1 aliphatic carbocycles. The van der Waals surface area contributed by atoms with Crippen molar-refractivity contribution in [2.45, 2.75) is 37.4 Å². The summed E-state index contributed by atoms with van der Waals surface area (Å²) < 4.78 is 0.727. The Labute approximate surface area is 164 Å².